The molecule has 0 aromatic rings. The van der Waals surface area contributed by atoms with E-state index in [0.717, 1.165) is 18.9 Å². The smallest absolute Gasteiger partial charge is 0.335 e. The van der Waals surface area contributed by atoms with Crippen molar-refractivity contribution < 1.29 is 43.2 Å². The second kappa shape index (κ2) is 9.11. The highest BCUT2D eigenvalue weighted by Gasteiger charge is 2.83. The average Bonchev–Trinajstić information content (AvgIpc) is 3.49. The van der Waals surface area contributed by atoms with E-state index in [1.807, 2.05) is 6.92 Å². The first kappa shape index (κ1) is 25.2. The van der Waals surface area contributed by atoms with E-state index in [-0.39, 0.29) is 30.7 Å². The van der Waals surface area contributed by atoms with Gasteiger partial charge >= 0.3 is 17.9 Å². The number of epoxide rings is 1. The molecule has 9 heteroatoms. The molecule has 0 amide bonds. The maximum Gasteiger partial charge on any atom is 0.335 e. The summed E-state index contributed by atoms with van der Waals surface area (Å²) in [7, 11) is 0. The van der Waals surface area contributed by atoms with E-state index in [4.69, 9.17) is 28.8 Å². The van der Waals surface area contributed by atoms with E-state index in [9.17, 15) is 14.4 Å². The Labute approximate surface area is 210 Å². The highest BCUT2D eigenvalue weighted by molar-refractivity contribution is 5.84. The van der Waals surface area contributed by atoms with Crippen LogP contribution in [0.4, 0.5) is 0 Å². The van der Waals surface area contributed by atoms with Gasteiger partial charge in [0.25, 0.3) is 0 Å². The van der Waals surface area contributed by atoms with Crippen molar-refractivity contribution in [2.75, 3.05) is 19.8 Å². The Morgan fingerprint density at radius 3 is 2.67 bits per heavy atom. The quantitative estimate of drug-likeness (QED) is 0.184. The van der Waals surface area contributed by atoms with Crippen molar-refractivity contribution >= 4 is 17.9 Å². The normalized spacial score (nSPS) is 43.0. The van der Waals surface area contributed by atoms with Crippen molar-refractivity contribution in [1.82, 2.24) is 0 Å². The molecule has 196 valence electrons. The Morgan fingerprint density at radius 2 is 2.00 bits per heavy atom. The van der Waals surface area contributed by atoms with Crippen molar-refractivity contribution in [2.45, 2.75) is 76.5 Å². The number of esters is 2. The van der Waals surface area contributed by atoms with Crippen molar-refractivity contribution in [3.05, 3.63) is 36.0 Å². The topological polar surface area (TPSA) is 121 Å². The first-order valence-corrected chi connectivity index (χ1v) is 12.7. The summed E-state index contributed by atoms with van der Waals surface area (Å²) >= 11 is 0. The van der Waals surface area contributed by atoms with E-state index >= 15 is 0 Å². The lowest BCUT2D eigenvalue weighted by Crippen LogP contribution is -2.66. The van der Waals surface area contributed by atoms with Crippen LogP contribution in [0.25, 0.3) is 0 Å². The molecule has 1 N–H and O–H groups in total. The molecule has 9 nitrogen and oxygen atoms in total. The third-order valence-corrected chi connectivity index (χ3v) is 9.15. The van der Waals surface area contributed by atoms with E-state index < -0.39 is 40.6 Å². The highest BCUT2D eigenvalue weighted by atomic mass is 16.6. The van der Waals surface area contributed by atoms with Crippen LogP contribution in [0.15, 0.2) is 36.0 Å². The minimum absolute atomic E-state index is 0.0992. The Balaban J connectivity index is 1.43. The van der Waals surface area contributed by atoms with Gasteiger partial charge in [-0.25, -0.2) is 14.4 Å². The van der Waals surface area contributed by atoms with Crippen LogP contribution in [0.2, 0.25) is 0 Å². The summed E-state index contributed by atoms with van der Waals surface area (Å²) in [5, 5.41) is 8.73. The van der Waals surface area contributed by atoms with Crippen molar-refractivity contribution in [1.29, 1.82) is 0 Å². The Kier molecular flexibility index (Phi) is 6.37. The van der Waals surface area contributed by atoms with Crippen molar-refractivity contribution in [2.24, 2.45) is 16.7 Å². The third-order valence-electron chi connectivity index (χ3n) is 9.15. The number of aliphatic carboxylic acids is 1. The summed E-state index contributed by atoms with van der Waals surface area (Å²) in [5.41, 5.74) is -0.699. The van der Waals surface area contributed by atoms with Crippen LogP contribution < -0.4 is 0 Å². The number of fused-ring (bicyclic) bond motifs is 2. The summed E-state index contributed by atoms with van der Waals surface area (Å²) in [6, 6.07) is 0. The Bertz CT molecular complexity index is 1020. The predicted octanol–water partition coefficient (Wildman–Crippen LogP) is 2.74. The fourth-order valence-electron chi connectivity index (χ4n) is 6.86. The van der Waals surface area contributed by atoms with Gasteiger partial charge in [0, 0.05) is 30.6 Å². The number of ether oxygens (including phenoxy) is 5. The van der Waals surface area contributed by atoms with Gasteiger partial charge in [-0.1, -0.05) is 37.6 Å². The van der Waals surface area contributed by atoms with Crippen LogP contribution in [0.1, 0.15) is 46.5 Å². The maximum absolute atomic E-state index is 13.0. The minimum Gasteiger partial charge on any atom is -0.478 e. The molecule has 0 unspecified atom stereocenters. The van der Waals surface area contributed by atoms with Gasteiger partial charge in [0.2, 0.25) is 0 Å². The van der Waals surface area contributed by atoms with E-state index in [1.54, 1.807) is 0 Å². The number of hydrogen-bond donors (Lipinski definition) is 1. The molecule has 1 saturated carbocycles. The second-order valence-electron chi connectivity index (χ2n) is 11.0. The third kappa shape index (κ3) is 3.83. The van der Waals surface area contributed by atoms with Gasteiger partial charge in [-0.2, -0.15) is 0 Å². The Morgan fingerprint density at radius 1 is 1.25 bits per heavy atom. The number of allylic oxidation sites excluding steroid dienone is 3. The van der Waals surface area contributed by atoms with Gasteiger partial charge in [0.05, 0.1) is 24.2 Å². The zero-order valence-corrected chi connectivity index (χ0v) is 20.9. The monoisotopic (exact) mass is 502 g/mol. The lowest BCUT2D eigenvalue weighted by Gasteiger charge is -2.58. The SMILES string of the molecule is CC1=C[C@@H]2O[C@@H]3C[C@@H](OC(=O)/C=C\C=C\C(=O)O)[C@](C)([C@]2(COC(=O)[C@@H]2OCC[C@@H]2C)CC1)[C@@]31CO1. The molecule has 3 aliphatic heterocycles. The summed E-state index contributed by atoms with van der Waals surface area (Å²) in [6.07, 6.45) is 8.04. The van der Waals surface area contributed by atoms with Crippen LogP contribution in [0.5, 0.6) is 0 Å². The van der Waals surface area contributed by atoms with Crippen LogP contribution in [0.3, 0.4) is 0 Å². The summed E-state index contributed by atoms with van der Waals surface area (Å²) in [5.74, 6) is -1.94. The first-order valence-electron chi connectivity index (χ1n) is 12.7. The average molecular weight is 503 g/mol. The summed E-state index contributed by atoms with van der Waals surface area (Å²) in [4.78, 5) is 36.4. The van der Waals surface area contributed by atoms with Gasteiger partial charge in [-0.05, 0) is 32.1 Å². The number of rotatable bonds is 7. The molecule has 2 aliphatic carbocycles. The lowest BCUT2D eigenvalue weighted by atomic mass is 9.51. The van der Waals surface area contributed by atoms with Gasteiger partial charge in [0.15, 0.2) is 6.10 Å². The molecule has 1 spiro atoms. The largest absolute Gasteiger partial charge is 0.478 e. The molecule has 5 rings (SSSR count). The van der Waals surface area contributed by atoms with Gasteiger partial charge < -0.3 is 28.8 Å². The van der Waals surface area contributed by atoms with Gasteiger partial charge in [0.1, 0.15) is 18.3 Å². The van der Waals surface area contributed by atoms with Crippen LogP contribution >= 0.6 is 0 Å². The highest BCUT2D eigenvalue weighted by Crippen LogP contribution is 2.72. The predicted molar refractivity (Wildman–Crippen MR) is 126 cm³/mol. The van der Waals surface area contributed by atoms with Crippen molar-refractivity contribution in [3.8, 4) is 0 Å². The number of carbonyl (C=O) groups is 3. The molecule has 36 heavy (non-hydrogen) atoms. The van der Waals surface area contributed by atoms with E-state index in [2.05, 4.69) is 19.9 Å². The maximum atomic E-state index is 13.0. The van der Waals surface area contributed by atoms with Crippen LogP contribution in [-0.2, 0) is 38.1 Å². The van der Waals surface area contributed by atoms with Gasteiger partial charge in [-0.3, -0.25) is 0 Å². The molecule has 0 radical (unpaired) electrons. The fraction of sp³-hybridized carbons (Fsp3) is 0.667. The van der Waals surface area contributed by atoms with Crippen molar-refractivity contribution in [3.63, 3.8) is 0 Å². The standard InChI is InChI=1S/C27H34O9/c1-16-8-10-26(14-33-24(31)23-17(2)9-11-32-23)19(12-16)35-20-13-18(25(26,3)27(20)15-34-27)36-22(30)7-5-4-6-21(28)29/h4-7,12,17-20,23H,8-11,13-15H2,1-3H3,(H,28,29)/b6-4+,7-5-/t17-,18+,19-,20+,23+,25+,26-,27+/m0/s1. The summed E-state index contributed by atoms with van der Waals surface area (Å²) in [6.45, 7) is 7.30. The zero-order valence-electron chi connectivity index (χ0n) is 20.9. The molecular weight excluding hydrogens is 468 g/mol. The number of hydrogen-bond acceptors (Lipinski definition) is 8. The number of carboxylic acids is 1. The molecular formula is C27H34O9. The zero-order chi connectivity index (χ0) is 25.7. The molecule has 5 aliphatic rings. The first-order chi connectivity index (χ1) is 17.1. The molecule has 0 aromatic heterocycles. The minimum atomic E-state index is -1.10. The van der Waals surface area contributed by atoms with E-state index in [0.29, 0.717) is 26.1 Å². The molecule has 4 fully saturated rings. The van der Waals surface area contributed by atoms with Crippen LogP contribution in [-0.4, -0.2) is 72.9 Å². The molecule has 8 atom stereocenters. The fourth-order valence-corrected chi connectivity index (χ4v) is 6.86. The lowest BCUT2D eigenvalue weighted by molar-refractivity contribution is -0.234. The molecule has 2 bridgehead atoms. The second-order valence-corrected chi connectivity index (χ2v) is 11.0. The Hall–Kier alpha value is -2.49. The number of carboxylic acid groups (broad SMARTS) is 1. The molecule has 0 aromatic carbocycles. The van der Waals surface area contributed by atoms with Crippen LogP contribution in [0, 0.1) is 16.7 Å². The number of carbonyl (C=O) groups excluding carboxylic acids is 2. The van der Waals surface area contributed by atoms with E-state index in [1.165, 1.54) is 23.8 Å². The molecule has 3 saturated heterocycles. The molecule has 3 heterocycles. The van der Waals surface area contributed by atoms with Gasteiger partial charge in [-0.15, -0.1) is 0 Å². The summed E-state index contributed by atoms with van der Waals surface area (Å²) < 4.78 is 30.3.